The van der Waals surface area contributed by atoms with Gasteiger partial charge >= 0.3 is 18.5 Å². The number of aromatic nitrogens is 1. The Bertz CT molecular complexity index is 928. The first-order valence-corrected chi connectivity index (χ1v) is 7.91. The number of rotatable bonds is 6. The van der Waals surface area contributed by atoms with Crippen LogP contribution in [-0.2, 0) is 10.9 Å². The third-order valence-corrected chi connectivity index (χ3v) is 3.32. The van der Waals surface area contributed by atoms with Gasteiger partial charge in [-0.05, 0) is 19.1 Å². The fraction of sp³-hybridized carbons (Fsp3) is 0.294. The van der Waals surface area contributed by atoms with Gasteiger partial charge in [0.15, 0.2) is 28.8 Å². The number of carbonyl (C=O) groups excluding carboxylic acids is 1. The van der Waals surface area contributed by atoms with Gasteiger partial charge in [-0.2, -0.15) is 13.2 Å². The zero-order chi connectivity index (χ0) is 22.7. The minimum Gasteiger partial charge on any atom is -0.493 e. The van der Waals surface area contributed by atoms with E-state index >= 15 is 0 Å². The highest BCUT2D eigenvalue weighted by atomic mass is 19.4. The zero-order valence-electron chi connectivity index (χ0n) is 15.2. The molecule has 0 aliphatic carbocycles. The van der Waals surface area contributed by atoms with Gasteiger partial charge < -0.3 is 18.9 Å². The third-order valence-electron chi connectivity index (χ3n) is 3.32. The molecular weight excluding hydrogens is 431 g/mol. The molecular formula is C17H12F7NO5. The van der Waals surface area contributed by atoms with Gasteiger partial charge in [0.25, 0.3) is 0 Å². The van der Waals surface area contributed by atoms with Gasteiger partial charge in [0.1, 0.15) is 11.3 Å². The quantitative estimate of drug-likeness (QED) is 0.457. The van der Waals surface area contributed by atoms with Crippen LogP contribution in [-0.4, -0.2) is 31.0 Å². The number of esters is 1. The van der Waals surface area contributed by atoms with Crippen molar-refractivity contribution in [1.29, 1.82) is 0 Å². The highest BCUT2D eigenvalue weighted by molar-refractivity contribution is 5.93. The Hall–Kier alpha value is -3.25. The highest BCUT2D eigenvalue weighted by Gasteiger charge is 2.40. The molecule has 0 saturated heterocycles. The van der Waals surface area contributed by atoms with Crippen molar-refractivity contribution in [2.45, 2.75) is 19.5 Å². The SMILES string of the molecule is CCOC(=O)c1c(Oc2ccc(OC(F)(F)F)cc2OC)cnc(C(F)(F)F)c1F. The summed E-state index contributed by atoms with van der Waals surface area (Å²) in [5, 5.41) is 0. The second kappa shape index (κ2) is 8.63. The molecule has 1 aromatic heterocycles. The van der Waals surface area contributed by atoms with E-state index in [4.69, 9.17) is 9.47 Å². The number of pyridine rings is 1. The van der Waals surface area contributed by atoms with E-state index in [1.165, 1.54) is 6.92 Å². The van der Waals surface area contributed by atoms with Gasteiger partial charge in [-0.25, -0.2) is 14.2 Å². The summed E-state index contributed by atoms with van der Waals surface area (Å²) in [5.74, 6) is -5.68. The molecule has 0 amide bonds. The predicted molar refractivity (Wildman–Crippen MR) is 84.9 cm³/mol. The molecule has 0 saturated carbocycles. The molecule has 13 heteroatoms. The lowest BCUT2D eigenvalue weighted by Gasteiger charge is -2.16. The Kier molecular flexibility index (Phi) is 6.63. The average molecular weight is 443 g/mol. The summed E-state index contributed by atoms with van der Waals surface area (Å²) in [4.78, 5) is 14.9. The normalized spacial score (nSPS) is 11.8. The van der Waals surface area contributed by atoms with Crippen LogP contribution in [0.25, 0.3) is 0 Å². The number of ether oxygens (including phenoxy) is 4. The van der Waals surface area contributed by atoms with Crippen molar-refractivity contribution in [2.24, 2.45) is 0 Å². The topological polar surface area (TPSA) is 66.9 Å². The molecule has 1 heterocycles. The number of hydrogen-bond donors (Lipinski definition) is 0. The Morgan fingerprint density at radius 1 is 1.07 bits per heavy atom. The van der Waals surface area contributed by atoms with E-state index in [1.807, 2.05) is 0 Å². The number of carbonyl (C=O) groups is 1. The maximum absolute atomic E-state index is 14.4. The van der Waals surface area contributed by atoms with Crippen molar-refractivity contribution >= 4 is 5.97 Å². The van der Waals surface area contributed by atoms with Crippen LogP contribution in [0.15, 0.2) is 24.4 Å². The van der Waals surface area contributed by atoms with Gasteiger partial charge in [0.05, 0.1) is 19.9 Å². The zero-order valence-corrected chi connectivity index (χ0v) is 15.2. The number of halogens is 7. The second-order valence-electron chi connectivity index (χ2n) is 5.34. The van der Waals surface area contributed by atoms with Crippen LogP contribution in [0.4, 0.5) is 30.7 Å². The lowest BCUT2D eigenvalue weighted by molar-refractivity contribution is -0.274. The molecule has 1 aromatic carbocycles. The summed E-state index contributed by atoms with van der Waals surface area (Å²) < 4.78 is 108. The Morgan fingerprint density at radius 3 is 2.27 bits per heavy atom. The van der Waals surface area contributed by atoms with Gasteiger partial charge in [0.2, 0.25) is 0 Å². The highest BCUT2D eigenvalue weighted by Crippen LogP contribution is 2.39. The summed E-state index contributed by atoms with van der Waals surface area (Å²) in [6.45, 7) is 1.05. The lowest BCUT2D eigenvalue weighted by atomic mass is 10.2. The van der Waals surface area contributed by atoms with Crippen LogP contribution in [0.3, 0.4) is 0 Å². The van der Waals surface area contributed by atoms with E-state index in [-0.39, 0.29) is 18.1 Å². The largest absolute Gasteiger partial charge is 0.573 e. The van der Waals surface area contributed by atoms with Crippen LogP contribution in [0.5, 0.6) is 23.0 Å². The van der Waals surface area contributed by atoms with E-state index in [0.717, 1.165) is 25.3 Å². The van der Waals surface area contributed by atoms with Crippen molar-refractivity contribution < 1.29 is 54.5 Å². The van der Waals surface area contributed by atoms with E-state index in [0.29, 0.717) is 6.20 Å². The van der Waals surface area contributed by atoms with Crippen molar-refractivity contribution in [3.63, 3.8) is 0 Å². The molecule has 0 aliphatic heterocycles. The monoisotopic (exact) mass is 443 g/mol. The summed E-state index contributed by atoms with van der Waals surface area (Å²) in [6, 6.07) is 2.48. The maximum atomic E-state index is 14.4. The van der Waals surface area contributed by atoms with Crippen molar-refractivity contribution in [3.05, 3.63) is 41.5 Å². The predicted octanol–water partition coefficient (Wildman–Crippen LogP) is 5.12. The minimum absolute atomic E-state index is 0.284. The molecule has 30 heavy (non-hydrogen) atoms. The molecule has 0 radical (unpaired) electrons. The first kappa shape index (κ1) is 23.0. The minimum atomic E-state index is -5.21. The second-order valence-corrected chi connectivity index (χ2v) is 5.34. The van der Waals surface area contributed by atoms with E-state index in [2.05, 4.69) is 14.5 Å². The first-order valence-electron chi connectivity index (χ1n) is 7.91. The molecule has 0 bridgehead atoms. The lowest BCUT2D eigenvalue weighted by Crippen LogP contribution is -2.18. The molecule has 6 nitrogen and oxygen atoms in total. The molecule has 164 valence electrons. The summed E-state index contributed by atoms with van der Waals surface area (Å²) in [5.41, 5.74) is -3.17. The first-order chi connectivity index (χ1) is 13.9. The summed E-state index contributed by atoms with van der Waals surface area (Å²) >= 11 is 0. The molecule has 0 N–H and O–H groups in total. The van der Waals surface area contributed by atoms with Gasteiger partial charge in [0, 0.05) is 6.07 Å². The average Bonchev–Trinajstić information content (AvgIpc) is 2.60. The summed E-state index contributed by atoms with van der Waals surface area (Å²) in [7, 11) is 1.05. The molecule has 0 spiro atoms. The van der Waals surface area contributed by atoms with Gasteiger partial charge in [-0.15, -0.1) is 13.2 Å². The Balaban J connectivity index is 2.52. The molecule has 0 unspecified atom stereocenters. The number of nitrogens with zero attached hydrogens (tertiary/aromatic N) is 1. The van der Waals surface area contributed by atoms with E-state index < -0.39 is 47.1 Å². The number of alkyl halides is 6. The van der Waals surface area contributed by atoms with Crippen LogP contribution < -0.4 is 14.2 Å². The van der Waals surface area contributed by atoms with Crippen LogP contribution in [0, 0.1) is 5.82 Å². The van der Waals surface area contributed by atoms with Crippen molar-refractivity contribution in [3.8, 4) is 23.0 Å². The Morgan fingerprint density at radius 2 is 1.73 bits per heavy atom. The fourth-order valence-electron chi connectivity index (χ4n) is 2.19. The smallest absolute Gasteiger partial charge is 0.493 e. The fourth-order valence-corrected chi connectivity index (χ4v) is 2.19. The molecule has 0 atom stereocenters. The van der Waals surface area contributed by atoms with Crippen molar-refractivity contribution in [1.82, 2.24) is 4.98 Å². The van der Waals surface area contributed by atoms with Crippen LogP contribution in [0.2, 0.25) is 0 Å². The van der Waals surface area contributed by atoms with E-state index in [1.54, 1.807) is 0 Å². The van der Waals surface area contributed by atoms with Crippen molar-refractivity contribution in [2.75, 3.05) is 13.7 Å². The van der Waals surface area contributed by atoms with Crippen LogP contribution in [0.1, 0.15) is 23.0 Å². The maximum Gasteiger partial charge on any atom is 0.573 e. The molecule has 2 aromatic rings. The molecule has 2 rings (SSSR count). The standard InChI is InChI=1S/C17H12F7NO5/c1-3-28-15(26)12-11(7-25-14(13(12)18)16(19,20)21)29-9-5-4-8(6-10(9)27-2)30-17(22,23)24/h4-7H,3H2,1-2H3. The molecule has 0 fully saturated rings. The Labute approximate surface area is 164 Å². The number of benzene rings is 1. The van der Waals surface area contributed by atoms with E-state index in [9.17, 15) is 35.5 Å². The third kappa shape index (κ3) is 5.42. The van der Waals surface area contributed by atoms with Crippen LogP contribution >= 0.6 is 0 Å². The molecule has 0 aliphatic rings. The number of hydrogen-bond acceptors (Lipinski definition) is 6. The summed E-state index contributed by atoms with van der Waals surface area (Å²) in [6.07, 6.45) is -9.78. The van der Waals surface area contributed by atoms with Gasteiger partial charge in [-0.1, -0.05) is 0 Å². The number of methoxy groups -OCH3 is 1. The van der Waals surface area contributed by atoms with Gasteiger partial charge in [-0.3, -0.25) is 0 Å².